The number of anilines is 1. The molecule has 2 aromatic rings. The number of piperazine rings is 1. The van der Waals surface area contributed by atoms with Crippen molar-refractivity contribution in [1.82, 2.24) is 24.6 Å². The quantitative estimate of drug-likeness (QED) is 0.795. The van der Waals surface area contributed by atoms with E-state index in [0.717, 1.165) is 44.0 Å². The molecule has 0 radical (unpaired) electrons. The molecule has 0 bridgehead atoms. The highest BCUT2D eigenvalue weighted by atomic mass is 16.2. The minimum atomic E-state index is 0.0742. The van der Waals surface area contributed by atoms with Crippen molar-refractivity contribution in [2.45, 2.75) is 59.3 Å². The van der Waals surface area contributed by atoms with E-state index in [0.29, 0.717) is 24.2 Å². The fraction of sp³-hybridized carbons (Fsp3) is 0.571. The summed E-state index contributed by atoms with van der Waals surface area (Å²) in [7, 11) is 0. The monoisotopic (exact) mass is 384 g/mol. The third-order valence-electron chi connectivity index (χ3n) is 5.44. The SMILES string of the molecule is CCC1CN(C(=O)c2ccc(NCc3cnn(CC)c3)nc2)CCN1C(C)C. The Labute approximate surface area is 167 Å². The molecule has 0 aliphatic carbocycles. The van der Waals surface area contributed by atoms with Gasteiger partial charge >= 0.3 is 0 Å². The van der Waals surface area contributed by atoms with Crippen LogP contribution in [-0.4, -0.2) is 62.2 Å². The average Bonchev–Trinajstić information content (AvgIpc) is 3.19. The normalized spacial score (nSPS) is 17.9. The summed E-state index contributed by atoms with van der Waals surface area (Å²) in [4.78, 5) is 21.8. The van der Waals surface area contributed by atoms with Crippen LogP contribution in [-0.2, 0) is 13.1 Å². The van der Waals surface area contributed by atoms with E-state index >= 15 is 0 Å². The van der Waals surface area contributed by atoms with Gasteiger partial charge in [0.1, 0.15) is 5.82 Å². The minimum absolute atomic E-state index is 0.0742. The summed E-state index contributed by atoms with van der Waals surface area (Å²) in [6, 6.07) is 4.68. The van der Waals surface area contributed by atoms with E-state index in [-0.39, 0.29) is 5.91 Å². The lowest BCUT2D eigenvalue weighted by Gasteiger charge is -2.43. The molecule has 1 aliphatic heterocycles. The average molecular weight is 385 g/mol. The van der Waals surface area contributed by atoms with Gasteiger partial charge < -0.3 is 10.2 Å². The number of aromatic nitrogens is 3. The third kappa shape index (κ3) is 4.70. The Hall–Kier alpha value is -2.41. The van der Waals surface area contributed by atoms with Crippen molar-refractivity contribution in [2.24, 2.45) is 0 Å². The highest BCUT2D eigenvalue weighted by Gasteiger charge is 2.30. The molecule has 152 valence electrons. The highest BCUT2D eigenvalue weighted by Crippen LogP contribution is 2.18. The van der Waals surface area contributed by atoms with Crippen molar-refractivity contribution in [1.29, 1.82) is 0 Å². The highest BCUT2D eigenvalue weighted by molar-refractivity contribution is 5.94. The first-order chi connectivity index (χ1) is 13.5. The van der Waals surface area contributed by atoms with Gasteiger partial charge in [0.2, 0.25) is 0 Å². The molecule has 0 aromatic carbocycles. The van der Waals surface area contributed by atoms with Crippen molar-refractivity contribution >= 4 is 11.7 Å². The Balaban J connectivity index is 1.57. The van der Waals surface area contributed by atoms with Crippen LogP contribution in [0.5, 0.6) is 0 Å². The molecule has 1 aliphatic rings. The smallest absolute Gasteiger partial charge is 0.255 e. The van der Waals surface area contributed by atoms with E-state index in [1.165, 1.54) is 0 Å². The number of nitrogens with zero attached hydrogens (tertiary/aromatic N) is 5. The van der Waals surface area contributed by atoms with E-state index in [1.54, 1.807) is 6.20 Å². The molecule has 2 aromatic heterocycles. The second-order valence-corrected chi connectivity index (χ2v) is 7.63. The number of amides is 1. The van der Waals surface area contributed by atoms with Gasteiger partial charge in [-0.1, -0.05) is 6.92 Å². The molecule has 3 heterocycles. The van der Waals surface area contributed by atoms with Gasteiger partial charge in [-0.05, 0) is 39.3 Å². The molecular formula is C21H32N6O. The van der Waals surface area contributed by atoms with Gasteiger partial charge in [-0.15, -0.1) is 0 Å². The second-order valence-electron chi connectivity index (χ2n) is 7.63. The lowest BCUT2D eigenvalue weighted by Crippen LogP contribution is -2.56. The van der Waals surface area contributed by atoms with Crippen LogP contribution in [0.1, 0.15) is 50.0 Å². The minimum Gasteiger partial charge on any atom is -0.366 e. The first kappa shape index (κ1) is 20.3. The van der Waals surface area contributed by atoms with Crippen LogP contribution in [0.15, 0.2) is 30.7 Å². The van der Waals surface area contributed by atoms with Crippen LogP contribution in [0.2, 0.25) is 0 Å². The molecule has 1 amide bonds. The van der Waals surface area contributed by atoms with Gasteiger partial charge in [0, 0.05) is 62.8 Å². The van der Waals surface area contributed by atoms with Crippen LogP contribution < -0.4 is 5.32 Å². The van der Waals surface area contributed by atoms with Crippen LogP contribution >= 0.6 is 0 Å². The Morgan fingerprint density at radius 2 is 2.07 bits per heavy atom. The molecule has 1 fully saturated rings. The van der Waals surface area contributed by atoms with E-state index in [1.807, 2.05) is 34.1 Å². The van der Waals surface area contributed by atoms with E-state index in [9.17, 15) is 4.79 Å². The molecule has 7 nitrogen and oxygen atoms in total. The van der Waals surface area contributed by atoms with Crippen LogP contribution in [0.4, 0.5) is 5.82 Å². The first-order valence-corrected chi connectivity index (χ1v) is 10.3. The fourth-order valence-electron chi connectivity index (χ4n) is 3.77. The predicted octanol–water partition coefficient (Wildman–Crippen LogP) is 2.85. The topological polar surface area (TPSA) is 66.3 Å². The van der Waals surface area contributed by atoms with Crippen LogP contribution in [0, 0.1) is 0 Å². The fourth-order valence-corrected chi connectivity index (χ4v) is 3.77. The van der Waals surface area contributed by atoms with Gasteiger partial charge in [0.25, 0.3) is 5.91 Å². The summed E-state index contributed by atoms with van der Waals surface area (Å²) in [5.41, 5.74) is 1.76. The van der Waals surface area contributed by atoms with Gasteiger partial charge in [0.05, 0.1) is 11.8 Å². The van der Waals surface area contributed by atoms with Crippen LogP contribution in [0.25, 0.3) is 0 Å². The number of rotatable bonds is 7. The Morgan fingerprint density at radius 1 is 1.25 bits per heavy atom. The van der Waals surface area contributed by atoms with Crippen molar-refractivity contribution in [3.05, 3.63) is 41.9 Å². The summed E-state index contributed by atoms with van der Waals surface area (Å²) in [6.07, 6.45) is 6.61. The maximum absolute atomic E-state index is 12.9. The summed E-state index contributed by atoms with van der Waals surface area (Å²) < 4.78 is 1.90. The summed E-state index contributed by atoms with van der Waals surface area (Å²) in [5.74, 6) is 0.835. The number of nitrogens with one attached hydrogen (secondary N) is 1. The van der Waals surface area contributed by atoms with Crippen molar-refractivity contribution < 1.29 is 4.79 Å². The Bertz CT molecular complexity index is 769. The zero-order chi connectivity index (χ0) is 20.1. The number of hydrogen-bond acceptors (Lipinski definition) is 5. The first-order valence-electron chi connectivity index (χ1n) is 10.3. The van der Waals surface area contributed by atoms with Crippen LogP contribution in [0.3, 0.4) is 0 Å². The zero-order valence-corrected chi connectivity index (χ0v) is 17.4. The van der Waals surface area contributed by atoms with E-state index in [4.69, 9.17) is 0 Å². The molecule has 1 atom stereocenters. The number of aryl methyl sites for hydroxylation is 1. The predicted molar refractivity (Wildman–Crippen MR) is 111 cm³/mol. The maximum atomic E-state index is 12.9. The number of carbonyl (C=O) groups is 1. The molecule has 3 rings (SSSR count). The molecule has 1 unspecified atom stereocenters. The summed E-state index contributed by atoms with van der Waals surface area (Å²) >= 11 is 0. The molecule has 7 heteroatoms. The van der Waals surface area contributed by atoms with Crippen molar-refractivity contribution in [3.63, 3.8) is 0 Å². The Kier molecular flexibility index (Phi) is 6.67. The van der Waals surface area contributed by atoms with Crippen molar-refractivity contribution in [3.8, 4) is 0 Å². The zero-order valence-electron chi connectivity index (χ0n) is 17.4. The molecule has 0 spiro atoms. The standard InChI is InChI=1S/C21H32N6O/c1-5-19-15-25(9-10-27(19)16(3)4)21(28)18-7-8-20(23-13-18)22-11-17-12-24-26(6-2)14-17/h7-8,12-14,16,19H,5-6,9-11,15H2,1-4H3,(H,22,23). The number of hydrogen-bond donors (Lipinski definition) is 1. The van der Waals surface area contributed by atoms with Gasteiger partial charge in [-0.2, -0.15) is 5.10 Å². The maximum Gasteiger partial charge on any atom is 0.255 e. The number of pyridine rings is 1. The van der Waals surface area contributed by atoms with Crippen molar-refractivity contribution in [2.75, 3.05) is 25.0 Å². The molecular weight excluding hydrogens is 352 g/mol. The molecule has 1 saturated heterocycles. The van der Waals surface area contributed by atoms with Gasteiger partial charge in [0.15, 0.2) is 0 Å². The largest absolute Gasteiger partial charge is 0.366 e. The lowest BCUT2D eigenvalue weighted by molar-refractivity contribution is 0.0371. The summed E-state index contributed by atoms with van der Waals surface area (Å²) in [5, 5.41) is 7.55. The molecule has 0 saturated carbocycles. The van der Waals surface area contributed by atoms with E-state index in [2.05, 4.69) is 48.0 Å². The third-order valence-corrected chi connectivity index (χ3v) is 5.44. The van der Waals surface area contributed by atoms with Gasteiger partial charge in [-0.3, -0.25) is 14.4 Å². The molecule has 1 N–H and O–H groups in total. The Morgan fingerprint density at radius 3 is 2.68 bits per heavy atom. The number of carbonyl (C=O) groups excluding carboxylic acids is 1. The second kappa shape index (κ2) is 9.19. The van der Waals surface area contributed by atoms with E-state index < -0.39 is 0 Å². The molecule has 28 heavy (non-hydrogen) atoms. The lowest BCUT2D eigenvalue weighted by atomic mass is 10.1. The van der Waals surface area contributed by atoms with Gasteiger partial charge in [-0.25, -0.2) is 4.98 Å². The summed E-state index contributed by atoms with van der Waals surface area (Å²) in [6.45, 7) is 12.7.